The van der Waals surface area contributed by atoms with E-state index in [0.29, 0.717) is 17.1 Å². The lowest BCUT2D eigenvalue weighted by Gasteiger charge is -2.12. The number of hydrogen-bond donors (Lipinski definition) is 3. The molecule has 0 saturated heterocycles. The smallest absolute Gasteiger partial charge is 0.323 e. The molecule has 0 aliphatic carbocycles. The molecule has 164 valence electrons. The van der Waals surface area contributed by atoms with E-state index in [1.165, 1.54) is 25.1 Å². The molecule has 0 spiro atoms. The number of hydrogen-bond acceptors (Lipinski definition) is 4. The van der Waals surface area contributed by atoms with Gasteiger partial charge in [-0.1, -0.05) is 30.3 Å². The Balaban J connectivity index is 1.59. The maximum absolute atomic E-state index is 14.1. The summed E-state index contributed by atoms with van der Waals surface area (Å²) in [7, 11) is 0. The Bertz CT molecular complexity index is 1150. The highest BCUT2D eigenvalue weighted by Gasteiger charge is 2.11. The normalized spacial score (nSPS) is 10.3. The first-order valence-electron chi connectivity index (χ1n) is 9.78. The van der Waals surface area contributed by atoms with Gasteiger partial charge in [0.15, 0.2) is 5.78 Å². The van der Waals surface area contributed by atoms with Gasteiger partial charge in [-0.3, -0.25) is 9.59 Å². The minimum absolute atomic E-state index is 0.0120. The second-order valence-electron chi connectivity index (χ2n) is 7.01. The summed E-state index contributed by atoms with van der Waals surface area (Å²) in [5.41, 5.74) is 2.81. The maximum Gasteiger partial charge on any atom is 0.323 e. The number of anilines is 3. The fourth-order valence-electron chi connectivity index (χ4n) is 2.82. The molecule has 0 radical (unpaired) electrons. The van der Waals surface area contributed by atoms with Crippen LogP contribution in [0, 0.1) is 12.7 Å². The van der Waals surface area contributed by atoms with E-state index in [9.17, 15) is 18.8 Å². The van der Waals surface area contributed by atoms with Crippen molar-refractivity contribution in [3.05, 3.63) is 83.7 Å². The SMILES string of the molecule is CC(=O)c1ccc(SCC(=O)Nc2cc(NC(=O)Nc3ccccc3)ccc2C)c(F)c1. The molecule has 3 rings (SSSR count). The van der Waals surface area contributed by atoms with E-state index in [2.05, 4.69) is 16.0 Å². The maximum atomic E-state index is 14.1. The number of halogens is 1. The zero-order valence-corrected chi connectivity index (χ0v) is 18.4. The minimum atomic E-state index is -0.540. The molecule has 6 nitrogen and oxygen atoms in total. The highest BCUT2D eigenvalue weighted by molar-refractivity contribution is 8.00. The first-order valence-corrected chi connectivity index (χ1v) is 10.8. The molecule has 0 unspecified atom stereocenters. The van der Waals surface area contributed by atoms with Gasteiger partial charge in [0, 0.05) is 27.5 Å². The second-order valence-corrected chi connectivity index (χ2v) is 8.03. The Morgan fingerprint density at radius 3 is 2.28 bits per heavy atom. The molecule has 0 aliphatic heterocycles. The number of Topliss-reactive ketones (excluding diaryl/α,β-unsaturated/α-hetero) is 1. The average molecular weight is 452 g/mol. The van der Waals surface area contributed by atoms with E-state index in [4.69, 9.17) is 0 Å². The zero-order valence-electron chi connectivity index (χ0n) is 17.6. The number of carbonyl (C=O) groups excluding carboxylic acids is 3. The molecule has 0 bridgehead atoms. The second kappa shape index (κ2) is 10.6. The molecule has 0 heterocycles. The van der Waals surface area contributed by atoms with Crippen LogP contribution in [-0.4, -0.2) is 23.5 Å². The van der Waals surface area contributed by atoms with E-state index < -0.39 is 11.8 Å². The number of aryl methyl sites for hydroxylation is 1. The lowest BCUT2D eigenvalue weighted by molar-refractivity contribution is -0.113. The van der Waals surface area contributed by atoms with Gasteiger partial charge < -0.3 is 16.0 Å². The summed E-state index contributed by atoms with van der Waals surface area (Å²) in [5, 5.41) is 8.23. The van der Waals surface area contributed by atoms with Crippen LogP contribution in [0.25, 0.3) is 0 Å². The lowest BCUT2D eigenvalue weighted by atomic mass is 10.1. The third-order valence-corrected chi connectivity index (χ3v) is 5.55. The van der Waals surface area contributed by atoms with E-state index >= 15 is 0 Å². The summed E-state index contributed by atoms with van der Waals surface area (Å²) in [6, 6.07) is 18.0. The summed E-state index contributed by atoms with van der Waals surface area (Å²) in [6.45, 7) is 3.20. The van der Waals surface area contributed by atoms with Gasteiger partial charge in [-0.25, -0.2) is 9.18 Å². The van der Waals surface area contributed by atoms with Crippen molar-refractivity contribution in [1.29, 1.82) is 0 Å². The number of nitrogens with one attached hydrogen (secondary N) is 3. The molecule has 8 heteroatoms. The summed E-state index contributed by atoms with van der Waals surface area (Å²) < 4.78 is 14.1. The fourth-order valence-corrected chi connectivity index (χ4v) is 3.54. The summed E-state index contributed by atoms with van der Waals surface area (Å²) >= 11 is 1.04. The van der Waals surface area contributed by atoms with Crippen molar-refractivity contribution in [2.45, 2.75) is 18.7 Å². The van der Waals surface area contributed by atoms with Crippen molar-refractivity contribution in [3.63, 3.8) is 0 Å². The Hall–Kier alpha value is -3.65. The monoisotopic (exact) mass is 451 g/mol. The first-order chi connectivity index (χ1) is 15.3. The van der Waals surface area contributed by atoms with Crippen LogP contribution >= 0.6 is 11.8 Å². The number of carbonyl (C=O) groups is 3. The van der Waals surface area contributed by atoms with Crippen molar-refractivity contribution in [3.8, 4) is 0 Å². The summed E-state index contributed by atoms with van der Waals surface area (Å²) in [6.07, 6.45) is 0. The van der Waals surface area contributed by atoms with Gasteiger partial charge in [0.25, 0.3) is 0 Å². The predicted molar refractivity (Wildman–Crippen MR) is 126 cm³/mol. The number of para-hydroxylation sites is 1. The standard InChI is InChI=1S/C24H22FN3O3S/c1-15-8-10-19(27-24(31)26-18-6-4-3-5-7-18)13-21(15)28-23(30)14-32-22-11-9-17(16(2)29)12-20(22)25/h3-13H,14H2,1-2H3,(H,28,30)(H2,26,27,31). The van der Waals surface area contributed by atoms with Gasteiger partial charge in [0.2, 0.25) is 5.91 Å². The molecule has 0 atom stereocenters. The number of urea groups is 1. The van der Waals surface area contributed by atoms with Crippen LogP contribution in [0.4, 0.5) is 26.2 Å². The molecule has 0 saturated carbocycles. The molecule has 0 aliphatic rings. The van der Waals surface area contributed by atoms with Crippen molar-refractivity contribution in [1.82, 2.24) is 0 Å². The number of ketones is 1. The minimum Gasteiger partial charge on any atom is -0.325 e. The number of amides is 3. The lowest BCUT2D eigenvalue weighted by Crippen LogP contribution is -2.20. The van der Waals surface area contributed by atoms with Crippen LogP contribution in [0.5, 0.6) is 0 Å². The van der Waals surface area contributed by atoms with E-state index in [1.54, 1.807) is 30.3 Å². The van der Waals surface area contributed by atoms with Crippen molar-refractivity contribution in [2.75, 3.05) is 21.7 Å². The van der Waals surface area contributed by atoms with Gasteiger partial charge >= 0.3 is 6.03 Å². The van der Waals surface area contributed by atoms with Gasteiger partial charge in [-0.15, -0.1) is 11.8 Å². The Morgan fingerprint density at radius 1 is 0.875 bits per heavy atom. The molecule has 3 aromatic rings. The van der Waals surface area contributed by atoms with Crippen molar-refractivity contribution < 1.29 is 18.8 Å². The van der Waals surface area contributed by atoms with E-state index in [-0.39, 0.29) is 27.9 Å². The van der Waals surface area contributed by atoms with Crippen LogP contribution in [0.3, 0.4) is 0 Å². The van der Waals surface area contributed by atoms with Crippen molar-refractivity contribution >= 4 is 46.5 Å². The van der Waals surface area contributed by atoms with Crippen LogP contribution in [0.15, 0.2) is 71.6 Å². The van der Waals surface area contributed by atoms with Crippen LogP contribution in [0.2, 0.25) is 0 Å². The molecule has 3 amide bonds. The average Bonchev–Trinajstić information content (AvgIpc) is 2.75. The third-order valence-electron chi connectivity index (χ3n) is 4.50. The molecule has 3 aromatic carbocycles. The number of thioether (sulfide) groups is 1. The Labute approximate surface area is 189 Å². The molecule has 0 fully saturated rings. The summed E-state index contributed by atoms with van der Waals surface area (Å²) in [5.74, 6) is -1.09. The van der Waals surface area contributed by atoms with Gasteiger partial charge in [-0.2, -0.15) is 0 Å². The van der Waals surface area contributed by atoms with E-state index in [1.807, 2.05) is 25.1 Å². The Kier molecular flexibility index (Phi) is 7.62. The Morgan fingerprint density at radius 2 is 1.59 bits per heavy atom. The highest BCUT2D eigenvalue weighted by Crippen LogP contribution is 2.25. The van der Waals surface area contributed by atoms with Crippen molar-refractivity contribution in [2.24, 2.45) is 0 Å². The fraction of sp³-hybridized carbons (Fsp3) is 0.125. The number of benzene rings is 3. The van der Waals surface area contributed by atoms with Crippen LogP contribution in [-0.2, 0) is 4.79 Å². The molecular weight excluding hydrogens is 429 g/mol. The van der Waals surface area contributed by atoms with Crippen LogP contribution < -0.4 is 16.0 Å². The first kappa shape index (κ1) is 23.0. The zero-order chi connectivity index (χ0) is 23.1. The van der Waals surface area contributed by atoms with Crippen LogP contribution in [0.1, 0.15) is 22.8 Å². The van der Waals surface area contributed by atoms with Gasteiger partial charge in [0.05, 0.1) is 5.75 Å². The molecule has 0 aromatic heterocycles. The predicted octanol–water partition coefficient (Wildman–Crippen LogP) is 5.71. The molecular formula is C24H22FN3O3S. The largest absolute Gasteiger partial charge is 0.325 e. The summed E-state index contributed by atoms with van der Waals surface area (Å²) in [4.78, 5) is 36.2. The van der Waals surface area contributed by atoms with E-state index in [0.717, 1.165) is 17.3 Å². The quantitative estimate of drug-likeness (QED) is 0.317. The highest BCUT2D eigenvalue weighted by atomic mass is 32.2. The topological polar surface area (TPSA) is 87.3 Å². The third kappa shape index (κ3) is 6.42. The molecule has 3 N–H and O–H groups in total. The van der Waals surface area contributed by atoms with Gasteiger partial charge in [0.1, 0.15) is 5.82 Å². The number of rotatable bonds is 7. The molecule has 32 heavy (non-hydrogen) atoms. The van der Waals surface area contributed by atoms with Gasteiger partial charge in [-0.05, 0) is 55.8 Å².